The van der Waals surface area contributed by atoms with Gasteiger partial charge in [-0.15, -0.1) is 0 Å². The summed E-state index contributed by atoms with van der Waals surface area (Å²) >= 11 is 0. The molecule has 3 rings (SSSR count). The van der Waals surface area contributed by atoms with Crippen molar-refractivity contribution in [3.8, 4) is 17.1 Å². The highest BCUT2D eigenvalue weighted by atomic mass is 19.1. The molecular formula is C27H39FN2. The summed E-state index contributed by atoms with van der Waals surface area (Å²) < 4.78 is 11.7. The Morgan fingerprint density at radius 2 is 1.50 bits per heavy atom. The number of aromatic nitrogens is 2. The highest BCUT2D eigenvalue weighted by Gasteiger charge is 2.16. The van der Waals surface area contributed by atoms with Crippen molar-refractivity contribution in [1.82, 2.24) is 9.55 Å². The largest absolute Gasteiger partial charge is 0.299 e. The van der Waals surface area contributed by atoms with Crippen LogP contribution in [-0.4, -0.2) is 16.7 Å². The Balaban J connectivity index is 0.000000565. The number of nitrogens with zero attached hydrogens (tertiary/aromatic N) is 2. The van der Waals surface area contributed by atoms with Crippen molar-refractivity contribution in [1.29, 1.82) is 0 Å². The van der Waals surface area contributed by atoms with E-state index < -0.39 is 0 Å². The maximum absolute atomic E-state index is 9.50. The Labute approximate surface area is 183 Å². The smallest absolute Gasteiger partial charge is 0.144 e. The van der Waals surface area contributed by atoms with Gasteiger partial charge in [-0.05, 0) is 43.4 Å². The van der Waals surface area contributed by atoms with Crippen LogP contribution in [-0.2, 0) is 0 Å². The maximum Gasteiger partial charge on any atom is 0.144 e. The number of alkyl halides is 1. The zero-order valence-electron chi connectivity index (χ0n) is 20.1. The highest BCUT2D eigenvalue weighted by Crippen LogP contribution is 2.31. The van der Waals surface area contributed by atoms with Gasteiger partial charge in [0.2, 0.25) is 0 Å². The van der Waals surface area contributed by atoms with Gasteiger partial charge in [-0.25, -0.2) is 4.98 Å². The molecule has 0 N–H and O–H groups in total. The van der Waals surface area contributed by atoms with Crippen molar-refractivity contribution >= 4 is 0 Å². The minimum atomic E-state index is 0.469. The summed E-state index contributed by atoms with van der Waals surface area (Å²) in [4.78, 5) is 4.67. The lowest BCUT2D eigenvalue weighted by Crippen LogP contribution is -2.04. The van der Waals surface area contributed by atoms with Crippen LogP contribution in [0.3, 0.4) is 0 Å². The van der Waals surface area contributed by atoms with Gasteiger partial charge in [-0.1, -0.05) is 88.9 Å². The van der Waals surface area contributed by atoms with Crippen LogP contribution in [0.25, 0.3) is 17.1 Å². The van der Waals surface area contributed by atoms with Crippen molar-refractivity contribution < 1.29 is 4.39 Å². The predicted molar refractivity (Wildman–Crippen MR) is 130 cm³/mol. The van der Waals surface area contributed by atoms with E-state index in [1.165, 1.54) is 52.8 Å². The molecule has 0 unspecified atom stereocenters. The van der Waals surface area contributed by atoms with Crippen LogP contribution in [0.5, 0.6) is 0 Å². The van der Waals surface area contributed by atoms with Crippen LogP contribution in [0.15, 0.2) is 48.8 Å². The van der Waals surface area contributed by atoms with Crippen LogP contribution in [0.4, 0.5) is 4.39 Å². The molecule has 2 nitrogen and oxygen atoms in total. The lowest BCUT2D eigenvalue weighted by Gasteiger charge is -2.17. The summed E-state index contributed by atoms with van der Waals surface area (Å²) in [5, 5.41) is 0. The molecule has 1 heterocycles. The molecule has 0 atom stereocenters. The number of rotatable bonds is 5. The Morgan fingerprint density at radius 3 is 2.00 bits per heavy atom. The Bertz CT molecular complexity index is 868. The molecule has 0 fully saturated rings. The number of hydrogen-bond acceptors (Lipinski definition) is 1. The van der Waals surface area contributed by atoms with Crippen LogP contribution in [0, 0.1) is 20.8 Å². The SMILES string of the molecule is CCCCC.CF.Cc1cc(C)c(-n2ccnc2-c2ccccc2C(C)C)c(C)c1. The number of halogens is 1. The standard InChI is InChI=1S/C21H24N2.C5H12.CH3F/c1-14(2)18-8-6-7-9-19(18)21-22-10-11-23(21)20-16(4)12-15(3)13-17(20)5;1-3-5-4-2;1-2/h6-14H,1-5H3;3-5H2,1-2H3;1H3. The molecule has 0 radical (unpaired) electrons. The second-order valence-corrected chi connectivity index (χ2v) is 7.96. The van der Waals surface area contributed by atoms with E-state index in [1.807, 2.05) is 6.20 Å². The lowest BCUT2D eigenvalue weighted by atomic mass is 9.96. The third-order valence-electron chi connectivity index (χ3n) is 5.05. The van der Waals surface area contributed by atoms with Crippen LogP contribution < -0.4 is 0 Å². The summed E-state index contributed by atoms with van der Waals surface area (Å²) in [5.74, 6) is 1.49. The molecular weight excluding hydrogens is 371 g/mol. The van der Waals surface area contributed by atoms with Gasteiger partial charge < -0.3 is 0 Å². The van der Waals surface area contributed by atoms with Gasteiger partial charge >= 0.3 is 0 Å². The van der Waals surface area contributed by atoms with Gasteiger partial charge in [-0.3, -0.25) is 8.96 Å². The van der Waals surface area contributed by atoms with Crippen molar-refractivity contribution in [3.63, 3.8) is 0 Å². The topological polar surface area (TPSA) is 17.8 Å². The van der Waals surface area contributed by atoms with Gasteiger partial charge in [0.15, 0.2) is 0 Å². The van der Waals surface area contributed by atoms with Crippen molar-refractivity contribution in [2.24, 2.45) is 0 Å². The molecule has 30 heavy (non-hydrogen) atoms. The molecule has 3 heteroatoms. The van der Waals surface area contributed by atoms with E-state index in [1.54, 1.807) is 0 Å². The number of unbranched alkanes of at least 4 members (excludes halogenated alkanes) is 2. The fraction of sp³-hybridized carbons (Fsp3) is 0.444. The molecule has 1 aromatic heterocycles. The van der Waals surface area contributed by atoms with E-state index >= 15 is 0 Å². The number of hydrogen-bond donors (Lipinski definition) is 0. The quantitative estimate of drug-likeness (QED) is 0.413. The Morgan fingerprint density at radius 1 is 0.933 bits per heavy atom. The second kappa shape index (κ2) is 13.0. The fourth-order valence-corrected chi connectivity index (χ4v) is 3.79. The summed E-state index contributed by atoms with van der Waals surface area (Å²) in [6.45, 7) is 15.4. The summed E-state index contributed by atoms with van der Waals surface area (Å²) in [6.07, 6.45) is 8.04. The van der Waals surface area contributed by atoms with E-state index in [-0.39, 0.29) is 0 Å². The van der Waals surface area contributed by atoms with Crippen LogP contribution in [0.2, 0.25) is 0 Å². The molecule has 0 aliphatic heterocycles. The molecule has 0 aliphatic rings. The number of imidazole rings is 1. The molecule has 0 bridgehead atoms. The second-order valence-electron chi connectivity index (χ2n) is 7.96. The highest BCUT2D eigenvalue weighted by molar-refractivity contribution is 5.65. The molecule has 2 aromatic carbocycles. The third kappa shape index (κ3) is 6.55. The normalized spacial score (nSPS) is 10.2. The van der Waals surface area contributed by atoms with Gasteiger partial charge in [0.1, 0.15) is 5.82 Å². The molecule has 0 spiro atoms. The van der Waals surface area contributed by atoms with Gasteiger partial charge in [-0.2, -0.15) is 0 Å². The van der Waals surface area contributed by atoms with Crippen molar-refractivity contribution in [3.05, 3.63) is 71.0 Å². The average molecular weight is 411 g/mol. The molecule has 3 aromatic rings. The molecule has 0 saturated heterocycles. The fourth-order valence-electron chi connectivity index (χ4n) is 3.79. The van der Waals surface area contributed by atoms with Crippen molar-refractivity contribution in [2.75, 3.05) is 7.18 Å². The van der Waals surface area contributed by atoms with Gasteiger partial charge in [0, 0.05) is 18.0 Å². The minimum Gasteiger partial charge on any atom is -0.299 e. The first-order valence-electron chi connectivity index (χ1n) is 11.0. The lowest BCUT2D eigenvalue weighted by molar-refractivity contribution is 0.636. The zero-order chi connectivity index (χ0) is 22.7. The van der Waals surface area contributed by atoms with E-state index in [2.05, 4.69) is 101 Å². The van der Waals surface area contributed by atoms with E-state index in [0.29, 0.717) is 13.1 Å². The first-order valence-corrected chi connectivity index (χ1v) is 11.0. The molecule has 164 valence electrons. The monoisotopic (exact) mass is 410 g/mol. The summed E-state index contributed by atoms with van der Waals surface area (Å²) in [7, 11) is 0.500. The van der Waals surface area contributed by atoms with E-state index in [0.717, 1.165) is 5.82 Å². The number of aryl methyl sites for hydroxylation is 3. The molecule has 0 aliphatic carbocycles. The van der Waals surface area contributed by atoms with E-state index in [4.69, 9.17) is 0 Å². The minimum absolute atomic E-state index is 0.469. The van der Waals surface area contributed by atoms with Crippen LogP contribution in [0.1, 0.15) is 75.1 Å². The Hall–Kier alpha value is -2.42. The average Bonchev–Trinajstić information content (AvgIpc) is 3.19. The molecule has 0 saturated carbocycles. The molecule has 0 amide bonds. The first-order chi connectivity index (χ1) is 14.4. The van der Waals surface area contributed by atoms with Gasteiger partial charge in [0.05, 0.1) is 12.9 Å². The van der Waals surface area contributed by atoms with E-state index in [9.17, 15) is 4.39 Å². The predicted octanol–water partition coefficient (Wildman–Crippen LogP) is 8.37. The van der Waals surface area contributed by atoms with Crippen molar-refractivity contribution in [2.45, 2.75) is 73.6 Å². The Kier molecular flexibility index (Phi) is 11.1. The summed E-state index contributed by atoms with van der Waals surface area (Å²) in [6, 6.07) is 13.0. The number of benzene rings is 2. The zero-order valence-corrected chi connectivity index (χ0v) is 20.1. The third-order valence-corrected chi connectivity index (χ3v) is 5.05. The summed E-state index contributed by atoms with van der Waals surface area (Å²) in [5.41, 5.74) is 7.65. The van der Waals surface area contributed by atoms with Gasteiger partial charge in [0.25, 0.3) is 0 Å². The maximum atomic E-state index is 9.50. The first kappa shape index (κ1) is 25.6. The van der Waals surface area contributed by atoms with Crippen LogP contribution >= 0.6 is 0 Å².